The SMILES string of the molecule is CC(C)(C)OC(=O)N1CCCC1c1nc2ccc(C(=O)CN)cc2[nH]1. The Bertz CT molecular complexity index is 806. The van der Waals surface area contributed by atoms with Gasteiger partial charge in [0.15, 0.2) is 5.78 Å². The molecule has 1 fully saturated rings. The number of carbonyl (C=O) groups is 2. The van der Waals surface area contributed by atoms with Crippen molar-refractivity contribution in [2.24, 2.45) is 5.73 Å². The summed E-state index contributed by atoms with van der Waals surface area (Å²) in [5.74, 6) is 0.602. The molecule has 3 rings (SSSR count). The van der Waals surface area contributed by atoms with E-state index in [1.807, 2.05) is 20.8 Å². The van der Waals surface area contributed by atoms with Crippen LogP contribution in [-0.2, 0) is 4.74 Å². The van der Waals surface area contributed by atoms with Crippen molar-refractivity contribution in [3.8, 4) is 0 Å². The van der Waals surface area contributed by atoms with Crippen LogP contribution < -0.4 is 5.73 Å². The molecule has 25 heavy (non-hydrogen) atoms. The maximum atomic E-state index is 12.4. The van der Waals surface area contributed by atoms with Crippen LogP contribution in [0, 0.1) is 0 Å². The van der Waals surface area contributed by atoms with Gasteiger partial charge < -0.3 is 15.5 Å². The number of ether oxygens (including phenoxy) is 1. The molecule has 134 valence electrons. The number of amides is 1. The quantitative estimate of drug-likeness (QED) is 0.834. The molecule has 1 amide bonds. The molecule has 0 aliphatic carbocycles. The second kappa shape index (κ2) is 6.48. The van der Waals surface area contributed by atoms with Crippen molar-refractivity contribution >= 4 is 22.9 Å². The van der Waals surface area contributed by atoms with E-state index in [0.29, 0.717) is 12.1 Å². The fourth-order valence-electron chi connectivity index (χ4n) is 3.07. The Hall–Kier alpha value is -2.41. The summed E-state index contributed by atoms with van der Waals surface area (Å²) in [6.45, 7) is 6.18. The molecule has 1 aliphatic rings. The third-order valence-electron chi connectivity index (χ3n) is 4.20. The van der Waals surface area contributed by atoms with Crippen LogP contribution in [0.5, 0.6) is 0 Å². The van der Waals surface area contributed by atoms with Gasteiger partial charge in [0, 0.05) is 12.1 Å². The van der Waals surface area contributed by atoms with Crippen molar-refractivity contribution in [2.45, 2.75) is 45.3 Å². The molecular weight excluding hydrogens is 320 g/mol. The Morgan fingerprint density at radius 1 is 1.40 bits per heavy atom. The summed E-state index contributed by atoms with van der Waals surface area (Å²) in [5.41, 5.74) is 6.98. The summed E-state index contributed by atoms with van der Waals surface area (Å²) in [6, 6.07) is 5.14. The van der Waals surface area contributed by atoms with Gasteiger partial charge in [-0.3, -0.25) is 9.69 Å². The largest absolute Gasteiger partial charge is 0.444 e. The summed E-state index contributed by atoms with van der Waals surface area (Å²) >= 11 is 0. The third kappa shape index (κ3) is 3.66. The Labute approximate surface area is 146 Å². The van der Waals surface area contributed by atoms with Gasteiger partial charge >= 0.3 is 6.09 Å². The maximum Gasteiger partial charge on any atom is 0.410 e. The van der Waals surface area contributed by atoms with Crippen LogP contribution in [-0.4, -0.2) is 45.4 Å². The first kappa shape index (κ1) is 17.4. The number of aromatic amines is 1. The number of fused-ring (bicyclic) bond motifs is 1. The van der Waals surface area contributed by atoms with Crippen LogP contribution >= 0.6 is 0 Å². The van der Waals surface area contributed by atoms with E-state index < -0.39 is 5.60 Å². The summed E-state index contributed by atoms with van der Waals surface area (Å²) in [5, 5.41) is 0. The van der Waals surface area contributed by atoms with Crippen molar-refractivity contribution in [1.29, 1.82) is 0 Å². The van der Waals surface area contributed by atoms with Crippen LogP contribution in [0.1, 0.15) is 55.8 Å². The molecule has 2 heterocycles. The fraction of sp³-hybridized carbons (Fsp3) is 0.500. The summed E-state index contributed by atoms with van der Waals surface area (Å²) in [4.78, 5) is 33.8. The summed E-state index contributed by atoms with van der Waals surface area (Å²) in [6.07, 6.45) is 1.40. The Morgan fingerprint density at radius 3 is 2.84 bits per heavy atom. The van der Waals surface area contributed by atoms with Gasteiger partial charge in [-0.25, -0.2) is 9.78 Å². The van der Waals surface area contributed by atoms with Crippen LogP contribution in [0.15, 0.2) is 18.2 Å². The van der Waals surface area contributed by atoms with E-state index in [2.05, 4.69) is 9.97 Å². The minimum Gasteiger partial charge on any atom is -0.444 e. The highest BCUT2D eigenvalue weighted by atomic mass is 16.6. The molecular formula is C18H24N4O3. The lowest BCUT2D eigenvalue weighted by Crippen LogP contribution is -2.36. The predicted molar refractivity (Wildman–Crippen MR) is 94.4 cm³/mol. The van der Waals surface area contributed by atoms with Gasteiger partial charge in [0.25, 0.3) is 0 Å². The third-order valence-corrected chi connectivity index (χ3v) is 4.20. The van der Waals surface area contributed by atoms with Gasteiger partial charge in [-0.1, -0.05) is 0 Å². The number of carbonyl (C=O) groups excluding carboxylic acids is 2. The number of imidazole rings is 1. The van der Waals surface area contributed by atoms with Gasteiger partial charge in [-0.05, 0) is 51.8 Å². The number of rotatable bonds is 3. The van der Waals surface area contributed by atoms with Crippen molar-refractivity contribution < 1.29 is 14.3 Å². The summed E-state index contributed by atoms with van der Waals surface area (Å²) < 4.78 is 5.50. The number of likely N-dealkylation sites (tertiary alicyclic amines) is 1. The highest BCUT2D eigenvalue weighted by Gasteiger charge is 2.34. The normalized spacial score (nSPS) is 17.9. The first-order chi connectivity index (χ1) is 11.8. The maximum absolute atomic E-state index is 12.4. The highest BCUT2D eigenvalue weighted by molar-refractivity contribution is 6.00. The van der Waals surface area contributed by atoms with Gasteiger partial charge in [-0.15, -0.1) is 0 Å². The van der Waals surface area contributed by atoms with Crippen LogP contribution in [0.25, 0.3) is 11.0 Å². The number of hydrogen-bond acceptors (Lipinski definition) is 5. The van der Waals surface area contributed by atoms with E-state index in [-0.39, 0.29) is 24.5 Å². The lowest BCUT2D eigenvalue weighted by Gasteiger charge is -2.27. The molecule has 1 saturated heterocycles. The number of nitrogens with two attached hydrogens (primary N) is 1. The Balaban J connectivity index is 1.87. The van der Waals surface area contributed by atoms with E-state index in [1.165, 1.54) is 0 Å². The molecule has 0 spiro atoms. The minimum absolute atomic E-state index is 0.0262. The standard InChI is InChI=1S/C18H24N4O3/c1-18(2,3)25-17(24)22-8-4-5-14(22)16-20-12-7-6-11(15(23)10-19)9-13(12)21-16/h6-7,9,14H,4-5,8,10,19H2,1-3H3,(H,20,21). The monoisotopic (exact) mass is 344 g/mol. The lowest BCUT2D eigenvalue weighted by atomic mass is 10.1. The van der Waals surface area contributed by atoms with E-state index in [4.69, 9.17) is 10.5 Å². The molecule has 1 aliphatic heterocycles. The number of nitrogens with one attached hydrogen (secondary N) is 1. The van der Waals surface area contributed by atoms with E-state index in [1.54, 1.807) is 23.1 Å². The van der Waals surface area contributed by atoms with Gasteiger partial charge in [0.2, 0.25) is 0 Å². The molecule has 0 radical (unpaired) electrons. The van der Waals surface area contributed by atoms with Crippen LogP contribution in [0.2, 0.25) is 0 Å². The van der Waals surface area contributed by atoms with Crippen LogP contribution in [0.4, 0.5) is 4.79 Å². The first-order valence-electron chi connectivity index (χ1n) is 8.51. The molecule has 7 nitrogen and oxygen atoms in total. The first-order valence-corrected chi connectivity index (χ1v) is 8.51. The van der Waals surface area contributed by atoms with Crippen molar-refractivity contribution in [2.75, 3.05) is 13.1 Å². The van der Waals surface area contributed by atoms with Crippen molar-refractivity contribution in [1.82, 2.24) is 14.9 Å². The van der Waals surface area contributed by atoms with E-state index in [0.717, 1.165) is 29.7 Å². The number of ketones is 1. The zero-order valence-electron chi connectivity index (χ0n) is 14.8. The molecule has 0 bridgehead atoms. The molecule has 3 N–H and O–H groups in total. The average molecular weight is 344 g/mol. The highest BCUT2D eigenvalue weighted by Crippen LogP contribution is 2.32. The predicted octanol–water partition coefficient (Wildman–Crippen LogP) is 2.78. The fourth-order valence-corrected chi connectivity index (χ4v) is 3.07. The molecule has 1 aromatic carbocycles. The number of aromatic nitrogens is 2. The van der Waals surface area contributed by atoms with Crippen molar-refractivity contribution in [3.63, 3.8) is 0 Å². The van der Waals surface area contributed by atoms with Gasteiger partial charge in [0.05, 0.1) is 23.6 Å². The molecule has 7 heteroatoms. The molecule has 0 saturated carbocycles. The Kier molecular flexibility index (Phi) is 4.51. The van der Waals surface area contributed by atoms with E-state index in [9.17, 15) is 9.59 Å². The zero-order chi connectivity index (χ0) is 18.2. The Morgan fingerprint density at radius 2 is 2.16 bits per heavy atom. The lowest BCUT2D eigenvalue weighted by molar-refractivity contribution is 0.0219. The topological polar surface area (TPSA) is 101 Å². The van der Waals surface area contributed by atoms with E-state index >= 15 is 0 Å². The number of Topliss-reactive ketones (excluding diaryl/α,β-unsaturated/α-hetero) is 1. The molecule has 1 unspecified atom stereocenters. The van der Waals surface area contributed by atoms with Gasteiger partial charge in [-0.2, -0.15) is 0 Å². The van der Waals surface area contributed by atoms with Crippen molar-refractivity contribution in [3.05, 3.63) is 29.6 Å². The number of benzene rings is 1. The molecule has 2 aromatic rings. The average Bonchev–Trinajstić information content (AvgIpc) is 3.17. The second-order valence-electron chi connectivity index (χ2n) is 7.31. The molecule has 1 atom stereocenters. The smallest absolute Gasteiger partial charge is 0.410 e. The zero-order valence-corrected chi connectivity index (χ0v) is 14.8. The summed E-state index contributed by atoms with van der Waals surface area (Å²) in [7, 11) is 0. The molecule has 1 aromatic heterocycles. The number of nitrogens with zero attached hydrogens (tertiary/aromatic N) is 2. The van der Waals surface area contributed by atoms with Gasteiger partial charge in [0.1, 0.15) is 11.4 Å². The second-order valence-corrected chi connectivity index (χ2v) is 7.31. The van der Waals surface area contributed by atoms with Crippen LogP contribution in [0.3, 0.4) is 0 Å². The number of hydrogen-bond donors (Lipinski definition) is 2. The number of H-pyrrole nitrogens is 1. The minimum atomic E-state index is -0.532.